The third kappa shape index (κ3) is 7.62. The van der Waals surface area contributed by atoms with Gasteiger partial charge in [0.05, 0.1) is 4.90 Å². The van der Waals surface area contributed by atoms with E-state index in [4.69, 9.17) is 0 Å². The van der Waals surface area contributed by atoms with E-state index in [1.54, 1.807) is 47.4 Å². The molecule has 3 rings (SSSR count). The van der Waals surface area contributed by atoms with Crippen molar-refractivity contribution in [3.63, 3.8) is 0 Å². The molecule has 0 aliphatic carbocycles. The molecule has 0 bridgehead atoms. The molecule has 0 saturated carbocycles. The maximum absolute atomic E-state index is 13.3. The molecule has 0 spiro atoms. The summed E-state index contributed by atoms with van der Waals surface area (Å²) in [6.07, 6.45) is 1.05. The molecule has 9 nitrogen and oxygen atoms in total. The molecule has 10 heteroatoms. The zero-order chi connectivity index (χ0) is 27.2. The first kappa shape index (κ1) is 28.3. The van der Waals surface area contributed by atoms with Gasteiger partial charge in [-0.25, -0.2) is 13.2 Å². The van der Waals surface area contributed by atoms with Crippen LogP contribution in [0.2, 0.25) is 0 Å². The number of benzene rings is 2. The maximum atomic E-state index is 13.3. The predicted octanol–water partition coefficient (Wildman–Crippen LogP) is 2.87. The van der Waals surface area contributed by atoms with Crippen LogP contribution < -0.4 is 10.0 Å². The topological polar surface area (TPSA) is 133 Å². The number of hydrogen-bond donors (Lipinski definition) is 3. The summed E-state index contributed by atoms with van der Waals surface area (Å²) in [4.78, 5) is 39.6. The molecule has 3 N–H and O–H groups in total. The highest BCUT2D eigenvalue weighted by Crippen LogP contribution is 2.22. The smallest absolute Gasteiger partial charge is 0.330 e. The maximum Gasteiger partial charge on any atom is 0.330 e. The number of carbonyl (C=O) groups is 3. The third-order valence-corrected chi connectivity index (χ3v) is 7.97. The lowest BCUT2D eigenvalue weighted by atomic mass is 9.94. The first-order valence-corrected chi connectivity index (χ1v) is 13.9. The molecule has 200 valence electrons. The molecule has 2 atom stereocenters. The number of carbonyl (C=O) groups excluding carboxylic acids is 2. The minimum atomic E-state index is -3.90. The number of nitrogens with zero attached hydrogens (tertiary/aromatic N) is 1. The van der Waals surface area contributed by atoms with Gasteiger partial charge < -0.3 is 15.3 Å². The number of carboxylic acids is 1. The second-order valence-electron chi connectivity index (χ2n) is 9.91. The van der Waals surface area contributed by atoms with E-state index in [9.17, 15) is 27.9 Å². The van der Waals surface area contributed by atoms with Gasteiger partial charge in [0.1, 0.15) is 6.04 Å². The largest absolute Gasteiger partial charge is 0.479 e. The van der Waals surface area contributed by atoms with E-state index in [2.05, 4.69) is 10.0 Å². The predicted molar refractivity (Wildman–Crippen MR) is 139 cm³/mol. The van der Waals surface area contributed by atoms with E-state index in [1.807, 2.05) is 20.8 Å². The highest BCUT2D eigenvalue weighted by molar-refractivity contribution is 7.89. The van der Waals surface area contributed by atoms with Gasteiger partial charge in [0.2, 0.25) is 21.8 Å². The molecule has 1 aliphatic rings. The molecular formula is C27H35N3O6S. The lowest BCUT2D eigenvalue weighted by molar-refractivity contribution is -0.143. The van der Waals surface area contributed by atoms with Crippen molar-refractivity contribution >= 4 is 27.8 Å². The lowest BCUT2D eigenvalue weighted by Crippen LogP contribution is -2.52. The van der Waals surface area contributed by atoms with Gasteiger partial charge >= 0.3 is 5.97 Å². The van der Waals surface area contributed by atoms with Crippen molar-refractivity contribution in [2.75, 3.05) is 13.1 Å². The van der Waals surface area contributed by atoms with Crippen LogP contribution in [0.5, 0.6) is 0 Å². The Morgan fingerprint density at radius 2 is 1.59 bits per heavy atom. The summed E-state index contributed by atoms with van der Waals surface area (Å²) in [5.41, 5.74) is 1.41. The Morgan fingerprint density at radius 3 is 2.14 bits per heavy atom. The van der Waals surface area contributed by atoms with E-state index in [-0.39, 0.29) is 35.7 Å². The van der Waals surface area contributed by atoms with Crippen LogP contribution in [0.4, 0.5) is 0 Å². The van der Waals surface area contributed by atoms with Crippen LogP contribution >= 0.6 is 0 Å². The van der Waals surface area contributed by atoms with Crippen LogP contribution in [0.1, 0.15) is 50.3 Å². The number of piperidine rings is 1. The second-order valence-corrected chi connectivity index (χ2v) is 11.6. The molecule has 0 unspecified atom stereocenters. The molecule has 1 fully saturated rings. The number of aliphatic carboxylic acids is 1. The van der Waals surface area contributed by atoms with Gasteiger partial charge in [-0.05, 0) is 49.8 Å². The molecule has 2 aromatic carbocycles. The third-order valence-electron chi connectivity index (χ3n) is 6.48. The van der Waals surface area contributed by atoms with Crippen LogP contribution in [0.25, 0.3) is 0 Å². The summed E-state index contributed by atoms with van der Waals surface area (Å²) in [7, 11) is -3.90. The summed E-state index contributed by atoms with van der Waals surface area (Å²) < 4.78 is 28.5. The van der Waals surface area contributed by atoms with E-state index in [0.717, 1.165) is 5.56 Å². The first-order valence-electron chi connectivity index (χ1n) is 12.4. The van der Waals surface area contributed by atoms with Crippen LogP contribution in [0, 0.1) is 18.8 Å². The highest BCUT2D eigenvalue weighted by Gasteiger charge is 2.34. The van der Waals surface area contributed by atoms with Crippen molar-refractivity contribution in [3.05, 3.63) is 65.7 Å². The average Bonchev–Trinajstić information content (AvgIpc) is 2.86. The van der Waals surface area contributed by atoms with E-state index >= 15 is 0 Å². The number of hydrogen-bond acceptors (Lipinski definition) is 5. The molecule has 1 aliphatic heterocycles. The summed E-state index contributed by atoms with van der Waals surface area (Å²) in [6, 6.07) is 12.8. The van der Waals surface area contributed by atoms with Crippen LogP contribution in [-0.2, 0) is 24.4 Å². The number of carboxylic acid groups (broad SMARTS) is 1. The van der Waals surface area contributed by atoms with Crippen LogP contribution in [0.3, 0.4) is 0 Å². The van der Waals surface area contributed by atoms with Gasteiger partial charge in [-0.15, -0.1) is 0 Å². The van der Waals surface area contributed by atoms with E-state index in [0.29, 0.717) is 24.8 Å². The van der Waals surface area contributed by atoms with Crippen molar-refractivity contribution < 1.29 is 27.9 Å². The van der Waals surface area contributed by atoms with Gasteiger partial charge in [0.15, 0.2) is 6.04 Å². The van der Waals surface area contributed by atoms with Gasteiger partial charge in [-0.2, -0.15) is 4.72 Å². The number of likely N-dealkylation sites (tertiary alicyclic amines) is 1. The molecule has 0 aromatic heterocycles. The quantitative estimate of drug-likeness (QED) is 0.434. The molecule has 2 aromatic rings. The first-order chi connectivity index (χ1) is 17.5. The molecule has 37 heavy (non-hydrogen) atoms. The highest BCUT2D eigenvalue weighted by atomic mass is 32.2. The minimum Gasteiger partial charge on any atom is -0.479 e. The standard InChI is InChI=1S/C27H35N3O6S/c1-18(2)17-23(29-37(35,36)22-11-9-19(3)10-12-22)26(32)30-15-13-21(14-16-30)25(31)28-24(27(33)34)20-7-5-4-6-8-20/h4-12,18,21,23-24,29H,13-17H2,1-3H3,(H,28,31)(H,33,34)/t23-,24-/m0/s1. The molecule has 1 saturated heterocycles. The summed E-state index contributed by atoms with van der Waals surface area (Å²) in [5, 5.41) is 12.2. The van der Waals surface area contributed by atoms with Crippen molar-refractivity contribution in [2.45, 2.75) is 57.0 Å². The van der Waals surface area contributed by atoms with E-state index < -0.39 is 34.0 Å². The molecule has 0 radical (unpaired) electrons. The minimum absolute atomic E-state index is 0.0731. The Hall–Kier alpha value is -3.24. The zero-order valence-corrected chi connectivity index (χ0v) is 22.2. The van der Waals surface area contributed by atoms with Crippen molar-refractivity contribution in [2.24, 2.45) is 11.8 Å². The monoisotopic (exact) mass is 529 g/mol. The normalized spacial score (nSPS) is 16.3. The Balaban J connectivity index is 1.64. The lowest BCUT2D eigenvalue weighted by Gasteiger charge is -2.34. The number of amides is 2. The Kier molecular flexibility index (Phi) is 9.45. The van der Waals surface area contributed by atoms with E-state index in [1.165, 1.54) is 12.1 Å². The Morgan fingerprint density at radius 1 is 1.00 bits per heavy atom. The van der Waals surface area contributed by atoms with Gasteiger partial charge in [0.25, 0.3) is 0 Å². The molecule has 2 amide bonds. The summed E-state index contributed by atoms with van der Waals surface area (Å²) >= 11 is 0. The number of nitrogens with one attached hydrogen (secondary N) is 2. The number of sulfonamides is 1. The number of rotatable bonds is 10. The fourth-order valence-electron chi connectivity index (χ4n) is 4.42. The zero-order valence-electron chi connectivity index (χ0n) is 21.4. The Bertz CT molecular complexity index is 1190. The molecular weight excluding hydrogens is 494 g/mol. The fourth-order valence-corrected chi connectivity index (χ4v) is 5.62. The fraction of sp³-hybridized carbons (Fsp3) is 0.444. The van der Waals surface area contributed by atoms with Gasteiger partial charge in [-0.1, -0.05) is 61.9 Å². The van der Waals surface area contributed by atoms with Crippen LogP contribution in [-0.4, -0.2) is 55.3 Å². The van der Waals surface area contributed by atoms with Gasteiger partial charge in [-0.3, -0.25) is 9.59 Å². The van der Waals surface area contributed by atoms with Crippen molar-refractivity contribution in [1.29, 1.82) is 0 Å². The Labute approximate surface area is 218 Å². The SMILES string of the molecule is Cc1ccc(S(=O)(=O)N[C@@H](CC(C)C)C(=O)N2CCC(C(=O)N[C@H](C(=O)O)c3ccccc3)CC2)cc1. The number of aryl methyl sites for hydroxylation is 1. The average molecular weight is 530 g/mol. The summed E-state index contributed by atoms with van der Waals surface area (Å²) in [6.45, 7) is 6.26. The van der Waals surface area contributed by atoms with Gasteiger partial charge in [0, 0.05) is 19.0 Å². The van der Waals surface area contributed by atoms with Crippen molar-refractivity contribution in [3.8, 4) is 0 Å². The van der Waals surface area contributed by atoms with Crippen molar-refractivity contribution in [1.82, 2.24) is 14.9 Å². The summed E-state index contributed by atoms with van der Waals surface area (Å²) in [5.74, 6) is -2.21. The molecule has 1 heterocycles. The second kappa shape index (κ2) is 12.3. The van der Waals surface area contributed by atoms with Crippen LogP contribution in [0.15, 0.2) is 59.5 Å².